The molecule has 0 unspecified atom stereocenters. The standard InChI is InChI=1S/C57H44N6O2.Pd.Pt/c1-37(2)25-43-29-53(59-33-51(43)39-13-7-5-8-14-39)41-17-11-19-45(27-41)64-47-21-23-49-50-24-22-48(32-56(50)63(55(49)31-47)57-61-35-58-36-62-57)65-46-20-12-18-42(28-46)54-30-44(26-38(3)4)52(34-60-54)40-15-9-6-10-16-40;;/h5-24,29-30,33-38H,25-26H2,1-4H3;;/q-4;2*+2. The molecule has 0 N–H and O–H groups in total. The number of nitrogens with zero attached hydrogens (tertiary/aromatic N) is 6. The van der Waals surface area contributed by atoms with Crippen LogP contribution in [0, 0.1) is 36.1 Å². The predicted octanol–water partition coefficient (Wildman–Crippen LogP) is 13.6. The van der Waals surface area contributed by atoms with Gasteiger partial charge in [-0.15, -0.1) is 71.8 Å². The van der Waals surface area contributed by atoms with Crippen LogP contribution in [0.3, 0.4) is 0 Å². The number of ether oxygens (including phenoxy) is 2. The van der Waals surface area contributed by atoms with Gasteiger partial charge in [-0.3, -0.25) is 0 Å². The maximum atomic E-state index is 6.48. The molecule has 0 aliphatic carbocycles. The van der Waals surface area contributed by atoms with E-state index in [9.17, 15) is 0 Å². The Morgan fingerprint density at radius 1 is 0.493 bits per heavy atom. The third-order valence-electron chi connectivity index (χ3n) is 11.1. The van der Waals surface area contributed by atoms with Crippen LogP contribution >= 0.6 is 0 Å². The van der Waals surface area contributed by atoms with E-state index < -0.39 is 0 Å². The Hall–Kier alpha value is -6.62. The van der Waals surface area contributed by atoms with Crippen molar-refractivity contribution in [2.24, 2.45) is 11.8 Å². The van der Waals surface area contributed by atoms with Crippen LogP contribution in [-0.4, -0.2) is 29.5 Å². The second kappa shape index (κ2) is 20.9. The third-order valence-corrected chi connectivity index (χ3v) is 11.1. The second-order valence-corrected chi connectivity index (χ2v) is 16.9. The molecule has 0 fully saturated rings. The van der Waals surface area contributed by atoms with E-state index in [-0.39, 0.29) is 41.5 Å². The van der Waals surface area contributed by atoms with Crippen molar-refractivity contribution >= 4 is 21.8 Å². The van der Waals surface area contributed by atoms with Crippen molar-refractivity contribution in [3.63, 3.8) is 0 Å². The Morgan fingerprint density at radius 3 is 1.36 bits per heavy atom. The van der Waals surface area contributed by atoms with Gasteiger partial charge in [0.2, 0.25) is 5.95 Å². The van der Waals surface area contributed by atoms with Crippen LogP contribution < -0.4 is 9.47 Å². The van der Waals surface area contributed by atoms with Crippen molar-refractivity contribution in [3.8, 4) is 73.7 Å². The Balaban J connectivity index is 0.00000304. The normalized spacial score (nSPS) is 11.1. The Kier molecular flexibility index (Phi) is 14.6. The van der Waals surface area contributed by atoms with Crippen molar-refractivity contribution < 1.29 is 51.0 Å². The summed E-state index contributed by atoms with van der Waals surface area (Å²) in [4.78, 5) is 22.9. The largest absolute Gasteiger partial charge is 2.00 e. The van der Waals surface area contributed by atoms with Gasteiger partial charge in [-0.1, -0.05) is 124 Å². The molecule has 0 saturated heterocycles. The molecule has 0 aliphatic rings. The van der Waals surface area contributed by atoms with Crippen LogP contribution in [0.5, 0.6) is 23.0 Å². The molecule has 0 bridgehead atoms. The van der Waals surface area contributed by atoms with Crippen LogP contribution in [0.1, 0.15) is 38.8 Å². The van der Waals surface area contributed by atoms with E-state index >= 15 is 0 Å². The molecular formula is C57H44N6O2PdPt. The van der Waals surface area contributed by atoms with Crippen LogP contribution in [0.15, 0.2) is 159 Å². The van der Waals surface area contributed by atoms with E-state index in [2.05, 4.69) is 128 Å². The van der Waals surface area contributed by atoms with E-state index in [1.807, 2.05) is 89.8 Å². The van der Waals surface area contributed by atoms with Crippen molar-refractivity contribution in [2.45, 2.75) is 40.5 Å². The molecule has 0 aliphatic heterocycles. The van der Waals surface area contributed by atoms with E-state index in [0.29, 0.717) is 51.8 Å². The first-order chi connectivity index (χ1) is 31.8. The Morgan fingerprint density at radius 2 is 0.925 bits per heavy atom. The summed E-state index contributed by atoms with van der Waals surface area (Å²) in [5, 5.41) is 1.84. The van der Waals surface area contributed by atoms with E-state index in [1.165, 1.54) is 23.8 Å². The summed E-state index contributed by atoms with van der Waals surface area (Å²) in [6.45, 7) is 8.95. The van der Waals surface area contributed by atoms with Gasteiger partial charge in [0.25, 0.3) is 0 Å². The molecule has 0 saturated carbocycles. The number of benzene rings is 6. The minimum atomic E-state index is 0. The zero-order valence-electron chi connectivity index (χ0n) is 37.2. The molecule has 4 aromatic heterocycles. The second-order valence-electron chi connectivity index (χ2n) is 16.9. The smallest absolute Gasteiger partial charge is 0.503 e. The number of rotatable bonds is 13. The monoisotopic (exact) mass is 1150 g/mol. The van der Waals surface area contributed by atoms with Crippen LogP contribution in [0.4, 0.5) is 0 Å². The summed E-state index contributed by atoms with van der Waals surface area (Å²) in [7, 11) is 0. The van der Waals surface area contributed by atoms with Gasteiger partial charge >= 0.3 is 41.5 Å². The van der Waals surface area contributed by atoms with Crippen molar-refractivity contribution in [1.82, 2.24) is 29.5 Å². The van der Waals surface area contributed by atoms with Crippen molar-refractivity contribution in [3.05, 3.63) is 194 Å². The average molecular weight is 1150 g/mol. The molecule has 0 atom stereocenters. The zero-order chi connectivity index (χ0) is 44.3. The SMILES string of the molecule is CC(C)Cc1cc(-c2[c-]c(Oc3[c-]c4c(cc3)c3ccc(Oc5[c-]c(-c6cc(CC(C)C)c(-c7ccccc7)cn6)ccc5)[c-]c3n4-c3ncncn3)ccc2)ncc1-c1ccccc1.[Pd+2].[Pt+2]. The number of hydrogen-bond acceptors (Lipinski definition) is 7. The molecule has 4 heterocycles. The van der Waals surface area contributed by atoms with Crippen molar-refractivity contribution in [1.29, 1.82) is 0 Å². The number of pyridine rings is 2. The first-order valence-electron chi connectivity index (χ1n) is 21.9. The molecule has 10 aromatic rings. The molecular weight excluding hydrogens is 1100 g/mol. The van der Waals surface area contributed by atoms with Gasteiger partial charge in [0.05, 0.1) is 0 Å². The molecule has 10 heteroatoms. The van der Waals surface area contributed by atoms with Gasteiger partial charge in [0, 0.05) is 46.5 Å². The minimum absolute atomic E-state index is 0. The summed E-state index contributed by atoms with van der Waals surface area (Å²) < 4.78 is 14.9. The molecule has 0 spiro atoms. The van der Waals surface area contributed by atoms with E-state index in [4.69, 9.17) is 19.4 Å². The molecule has 8 nitrogen and oxygen atoms in total. The first kappa shape index (κ1) is 46.9. The zero-order valence-corrected chi connectivity index (χ0v) is 41.0. The first-order valence-corrected chi connectivity index (χ1v) is 21.9. The number of aromatic nitrogens is 6. The summed E-state index contributed by atoms with van der Waals surface area (Å²) in [6.07, 6.45) is 8.75. The van der Waals surface area contributed by atoms with Crippen LogP contribution in [0.2, 0.25) is 0 Å². The van der Waals surface area contributed by atoms with Gasteiger partial charge in [-0.2, -0.15) is 22.9 Å². The molecule has 67 heavy (non-hydrogen) atoms. The van der Waals surface area contributed by atoms with Gasteiger partial charge < -0.3 is 24.0 Å². The minimum Gasteiger partial charge on any atom is -0.503 e. The summed E-state index contributed by atoms with van der Waals surface area (Å²) >= 11 is 0. The van der Waals surface area contributed by atoms with Gasteiger partial charge in [0.1, 0.15) is 12.7 Å². The number of hydrogen-bond donors (Lipinski definition) is 0. The fourth-order valence-corrected chi connectivity index (χ4v) is 8.31. The molecule has 334 valence electrons. The predicted molar refractivity (Wildman–Crippen MR) is 257 cm³/mol. The van der Waals surface area contributed by atoms with Crippen LogP contribution in [0.25, 0.3) is 72.5 Å². The molecule has 0 amide bonds. The Labute approximate surface area is 419 Å². The third kappa shape index (κ3) is 10.4. The maximum Gasteiger partial charge on any atom is 2.00 e. The number of fused-ring (bicyclic) bond motifs is 3. The van der Waals surface area contributed by atoms with Gasteiger partial charge in [-0.25, -0.2) is 15.0 Å². The van der Waals surface area contributed by atoms with Crippen molar-refractivity contribution in [2.75, 3.05) is 0 Å². The summed E-state index contributed by atoms with van der Waals surface area (Å²) in [5.74, 6) is 3.46. The summed E-state index contributed by atoms with van der Waals surface area (Å²) in [6, 6.07) is 58.7. The fraction of sp³-hybridized carbons (Fsp3) is 0.140. The fourth-order valence-electron chi connectivity index (χ4n) is 8.31. The van der Waals surface area contributed by atoms with E-state index in [0.717, 1.165) is 68.4 Å². The van der Waals surface area contributed by atoms with Crippen LogP contribution in [-0.2, 0) is 54.3 Å². The Bertz CT molecular complexity index is 3090. The maximum absolute atomic E-state index is 6.48. The average Bonchev–Trinajstić information content (AvgIpc) is 3.65. The molecule has 0 radical (unpaired) electrons. The topological polar surface area (TPSA) is 87.8 Å². The van der Waals surface area contributed by atoms with E-state index in [1.54, 1.807) is 0 Å². The van der Waals surface area contributed by atoms with Gasteiger partial charge in [-0.05, 0) is 58.3 Å². The quantitative estimate of drug-likeness (QED) is 0.0839. The summed E-state index contributed by atoms with van der Waals surface area (Å²) in [5.41, 5.74) is 11.9. The molecule has 10 rings (SSSR count). The van der Waals surface area contributed by atoms with Gasteiger partial charge in [0.15, 0.2) is 0 Å². The molecule has 6 aromatic carbocycles.